The van der Waals surface area contributed by atoms with Gasteiger partial charge < -0.3 is 18.8 Å². The van der Waals surface area contributed by atoms with Crippen LogP contribution >= 0.6 is 11.6 Å². The van der Waals surface area contributed by atoms with Crippen LogP contribution in [0.5, 0.6) is 17.2 Å². The van der Waals surface area contributed by atoms with Crippen LogP contribution in [0, 0.1) is 11.3 Å². The Morgan fingerprint density at radius 1 is 0.614 bits per heavy atom. The summed E-state index contributed by atoms with van der Waals surface area (Å²) in [5, 5.41) is 11.4. The second kappa shape index (κ2) is 13.9. The van der Waals surface area contributed by atoms with Gasteiger partial charge in [0.1, 0.15) is 43.1 Å². The molecule has 0 aliphatic heterocycles. The van der Waals surface area contributed by atoms with Crippen LogP contribution in [0.1, 0.15) is 22.3 Å². The van der Waals surface area contributed by atoms with Crippen molar-refractivity contribution in [1.82, 2.24) is 4.57 Å². The van der Waals surface area contributed by atoms with Crippen LogP contribution < -0.4 is 14.2 Å². The smallest absolute Gasteiger partial charge is 0.130 e. The van der Waals surface area contributed by atoms with Gasteiger partial charge in [-0.05, 0) is 70.8 Å². The monoisotopic (exact) mass is 598 g/mol. The van der Waals surface area contributed by atoms with Crippen LogP contribution in [0.2, 0.25) is 0 Å². The molecule has 6 rings (SSSR count). The third kappa shape index (κ3) is 6.57. The number of fused-ring (bicyclic) bond motifs is 1. The second-order valence-electron chi connectivity index (χ2n) is 10.3. The maximum Gasteiger partial charge on any atom is 0.130 e. The molecule has 0 aliphatic carbocycles. The summed E-state index contributed by atoms with van der Waals surface area (Å²) < 4.78 is 20.2. The zero-order valence-corrected chi connectivity index (χ0v) is 24.9. The summed E-state index contributed by atoms with van der Waals surface area (Å²) in [6, 6.07) is 44.5. The Kier molecular flexibility index (Phi) is 9.11. The van der Waals surface area contributed by atoms with Gasteiger partial charge in [-0.2, -0.15) is 5.26 Å². The maximum atomic E-state index is 10.6. The maximum absolute atomic E-state index is 10.6. The minimum Gasteiger partial charge on any atom is -0.492 e. The largest absolute Gasteiger partial charge is 0.492 e. The fraction of sp³-hybridized carbons (Fsp3) is 0.132. The van der Waals surface area contributed by atoms with Crippen LogP contribution in [0.25, 0.3) is 22.2 Å². The quantitative estimate of drug-likeness (QED) is 0.132. The molecule has 5 nitrogen and oxygen atoms in total. The van der Waals surface area contributed by atoms with E-state index in [1.54, 1.807) is 0 Å². The highest BCUT2D eigenvalue weighted by Gasteiger charge is 2.22. The highest BCUT2D eigenvalue weighted by molar-refractivity contribution is 6.18. The van der Waals surface area contributed by atoms with E-state index in [0.29, 0.717) is 43.6 Å². The second-order valence-corrected chi connectivity index (χ2v) is 10.7. The molecule has 0 bridgehead atoms. The molecule has 1 aromatic heterocycles. The zero-order chi connectivity index (χ0) is 30.1. The number of nitrogens with zero attached hydrogens (tertiary/aromatic N) is 2. The van der Waals surface area contributed by atoms with E-state index in [2.05, 4.69) is 10.6 Å². The summed E-state index contributed by atoms with van der Waals surface area (Å²) in [6.45, 7) is 1.90. The summed E-state index contributed by atoms with van der Waals surface area (Å²) in [7, 11) is 0. The Morgan fingerprint density at radius 3 is 1.86 bits per heavy atom. The average molecular weight is 599 g/mol. The summed E-state index contributed by atoms with van der Waals surface area (Å²) in [4.78, 5) is 0. The summed E-state index contributed by atoms with van der Waals surface area (Å²) in [5.41, 5.74) is 6.48. The first kappa shape index (κ1) is 28.9. The first-order valence-corrected chi connectivity index (χ1v) is 15.0. The van der Waals surface area contributed by atoms with Gasteiger partial charge in [0.05, 0.1) is 28.0 Å². The number of hydrogen-bond donors (Lipinski definition) is 0. The van der Waals surface area contributed by atoms with Crippen molar-refractivity contribution in [2.24, 2.45) is 0 Å². The van der Waals surface area contributed by atoms with Crippen LogP contribution in [-0.2, 0) is 19.8 Å². The third-order valence-electron chi connectivity index (χ3n) is 7.39. The summed E-state index contributed by atoms with van der Waals surface area (Å²) in [6.07, 6.45) is 0. The minimum atomic E-state index is 0.405. The molecule has 0 saturated heterocycles. The Bertz CT molecular complexity index is 1860. The van der Waals surface area contributed by atoms with Crippen LogP contribution in [-0.4, -0.2) is 17.1 Å². The molecule has 0 atom stereocenters. The van der Waals surface area contributed by atoms with Crippen molar-refractivity contribution in [3.63, 3.8) is 0 Å². The van der Waals surface area contributed by atoms with Gasteiger partial charge in [0.25, 0.3) is 0 Å². The molecule has 6 heteroatoms. The number of benzene rings is 5. The van der Waals surface area contributed by atoms with Crippen molar-refractivity contribution in [1.29, 1.82) is 5.26 Å². The van der Waals surface area contributed by atoms with Gasteiger partial charge >= 0.3 is 0 Å². The molecule has 0 N–H and O–H groups in total. The number of halogens is 1. The fourth-order valence-corrected chi connectivity index (χ4v) is 5.36. The van der Waals surface area contributed by atoms with E-state index >= 15 is 0 Å². The lowest BCUT2D eigenvalue weighted by atomic mass is 10.1. The van der Waals surface area contributed by atoms with E-state index in [1.807, 2.05) is 127 Å². The van der Waals surface area contributed by atoms with Crippen LogP contribution in [0.15, 0.2) is 127 Å². The SMILES string of the molecule is N#Cc1c(-c2ccc(OCc3ccccc3)cc2)n(Cc2ccc(OCCCl)cc2)c2cccc(OCc3ccccc3)c12. The van der Waals surface area contributed by atoms with Crippen molar-refractivity contribution >= 4 is 22.5 Å². The van der Waals surface area contributed by atoms with Gasteiger partial charge in [0, 0.05) is 6.54 Å². The molecule has 6 aromatic rings. The first-order chi connectivity index (χ1) is 21.7. The molecule has 0 aliphatic rings. The number of hydrogen-bond acceptors (Lipinski definition) is 4. The van der Waals surface area contributed by atoms with Crippen molar-refractivity contribution in [3.8, 4) is 34.6 Å². The molecule has 1 heterocycles. The van der Waals surface area contributed by atoms with E-state index in [1.165, 1.54) is 0 Å². The molecule has 0 spiro atoms. The average Bonchev–Trinajstić information content (AvgIpc) is 3.40. The van der Waals surface area contributed by atoms with E-state index < -0.39 is 0 Å². The first-order valence-electron chi connectivity index (χ1n) is 14.5. The van der Waals surface area contributed by atoms with Crippen LogP contribution in [0.4, 0.5) is 0 Å². The third-order valence-corrected chi connectivity index (χ3v) is 7.54. The van der Waals surface area contributed by atoms with Gasteiger partial charge in [-0.25, -0.2) is 0 Å². The predicted molar refractivity (Wildman–Crippen MR) is 175 cm³/mol. The molecular weight excluding hydrogens is 568 g/mol. The van der Waals surface area contributed by atoms with Crippen LogP contribution in [0.3, 0.4) is 0 Å². The van der Waals surface area contributed by atoms with Crippen molar-refractivity contribution in [2.75, 3.05) is 12.5 Å². The number of alkyl halides is 1. The molecule has 0 unspecified atom stereocenters. The van der Waals surface area contributed by atoms with Crippen molar-refractivity contribution in [2.45, 2.75) is 19.8 Å². The van der Waals surface area contributed by atoms with Gasteiger partial charge in [-0.3, -0.25) is 0 Å². The zero-order valence-electron chi connectivity index (χ0n) is 24.2. The predicted octanol–water partition coefficient (Wildman–Crippen LogP) is 9.00. The molecule has 0 saturated carbocycles. The van der Waals surface area contributed by atoms with Crippen molar-refractivity contribution in [3.05, 3.63) is 150 Å². The van der Waals surface area contributed by atoms with E-state index in [-0.39, 0.29) is 0 Å². The fourth-order valence-electron chi connectivity index (χ4n) is 5.28. The Balaban J connectivity index is 1.38. The highest BCUT2D eigenvalue weighted by atomic mass is 35.5. The van der Waals surface area contributed by atoms with E-state index in [0.717, 1.165) is 50.3 Å². The summed E-state index contributed by atoms with van der Waals surface area (Å²) in [5.74, 6) is 2.64. The number of rotatable bonds is 12. The molecule has 0 fully saturated rings. The van der Waals surface area contributed by atoms with E-state index in [9.17, 15) is 5.26 Å². The van der Waals surface area contributed by atoms with Crippen molar-refractivity contribution < 1.29 is 14.2 Å². The molecule has 5 aromatic carbocycles. The molecule has 0 radical (unpaired) electrons. The molecule has 218 valence electrons. The lowest BCUT2D eigenvalue weighted by molar-refractivity contribution is 0.306. The standard InChI is InChI=1S/C38H31ClN2O3/c39-22-23-42-32-18-14-28(15-19-32)25-41-35-12-7-13-36(44-27-30-10-5-2-6-11-30)37(35)34(24-40)38(41)31-16-20-33(21-17-31)43-26-29-8-3-1-4-9-29/h1-21H,22-23,25-27H2. The minimum absolute atomic E-state index is 0.405. The normalized spacial score (nSPS) is 10.8. The Labute approximate surface area is 262 Å². The number of nitriles is 1. The summed E-state index contributed by atoms with van der Waals surface area (Å²) >= 11 is 5.79. The number of aromatic nitrogens is 1. The Hall–Kier alpha value is -5.18. The number of ether oxygens (including phenoxy) is 3. The Morgan fingerprint density at radius 2 is 1.23 bits per heavy atom. The lowest BCUT2D eigenvalue weighted by Gasteiger charge is -2.13. The lowest BCUT2D eigenvalue weighted by Crippen LogP contribution is -2.03. The van der Waals surface area contributed by atoms with Gasteiger partial charge in [0.2, 0.25) is 0 Å². The molecular formula is C38H31ClN2O3. The molecule has 44 heavy (non-hydrogen) atoms. The van der Waals surface area contributed by atoms with E-state index in [4.69, 9.17) is 25.8 Å². The topological polar surface area (TPSA) is 56.4 Å². The van der Waals surface area contributed by atoms with Gasteiger partial charge in [-0.1, -0.05) is 78.9 Å². The highest BCUT2D eigenvalue weighted by Crippen LogP contribution is 2.39. The van der Waals surface area contributed by atoms with Gasteiger partial charge in [-0.15, -0.1) is 11.6 Å². The molecule has 0 amide bonds. The van der Waals surface area contributed by atoms with Gasteiger partial charge in [0.15, 0.2) is 0 Å².